The maximum absolute atomic E-state index is 12.0. The Morgan fingerprint density at radius 2 is 1.87 bits per heavy atom. The van der Waals surface area contributed by atoms with Crippen molar-refractivity contribution < 1.29 is 9.21 Å². The minimum Gasteiger partial charge on any atom is -0.444 e. The van der Waals surface area contributed by atoms with Crippen molar-refractivity contribution in [3.05, 3.63) is 41.8 Å². The Bertz CT molecular complexity index is 842. The number of benzene rings is 1. The van der Waals surface area contributed by atoms with E-state index in [1.165, 1.54) is 37.7 Å². The molecule has 0 atom stereocenters. The Balaban J connectivity index is 0.00000341. The molecule has 1 aromatic carbocycles. The molecule has 1 aromatic heterocycles. The lowest BCUT2D eigenvalue weighted by Crippen LogP contribution is -2.44. The minimum absolute atomic E-state index is 0. The number of carbonyl (C=O) groups is 1. The van der Waals surface area contributed by atoms with Crippen molar-refractivity contribution in [3.63, 3.8) is 0 Å². The minimum atomic E-state index is 0. The van der Waals surface area contributed by atoms with Gasteiger partial charge in [-0.2, -0.15) is 0 Å². The average molecular weight is 539 g/mol. The second-order valence-corrected chi connectivity index (χ2v) is 8.20. The molecular weight excluding hydrogens is 505 g/mol. The van der Waals surface area contributed by atoms with Gasteiger partial charge in [0.2, 0.25) is 11.8 Å². The van der Waals surface area contributed by atoms with Crippen LogP contribution in [0.3, 0.4) is 0 Å². The van der Waals surface area contributed by atoms with Crippen molar-refractivity contribution in [2.45, 2.75) is 45.6 Å². The molecule has 3 rings (SSSR count). The average Bonchev–Trinajstić information content (AvgIpc) is 3.23. The Hall–Kier alpha value is -2.10. The zero-order valence-electron chi connectivity index (χ0n) is 18.7. The number of aryl methyl sites for hydroxylation is 1. The molecule has 1 aliphatic carbocycles. The largest absolute Gasteiger partial charge is 0.444 e. The van der Waals surface area contributed by atoms with Crippen LogP contribution in [0.25, 0.3) is 11.5 Å². The molecule has 0 aliphatic heterocycles. The summed E-state index contributed by atoms with van der Waals surface area (Å²) >= 11 is 0. The Morgan fingerprint density at radius 1 is 1.16 bits per heavy atom. The molecule has 1 amide bonds. The number of nitrogens with zero attached hydrogens (tertiary/aromatic N) is 3. The van der Waals surface area contributed by atoms with E-state index in [2.05, 4.69) is 27.5 Å². The van der Waals surface area contributed by atoms with Crippen LogP contribution in [-0.2, 0) is 11.3 Å². The number of carbonyl (C=O) groups excluding carboxylic acids is 1. The highest BCUT2D eigenvalue weighted by atomic mass is 127. The lowest BCUT2D eigenvalue weighted by atomic mass is 9.89. The monoisotopic (exact) mass is 539 g/mol. The number of nitrogens with one attached hydrogen (secondary N) is 2. The van der Waals surface area contributed by atoms with Crippen LogP contribution in [0.15, 0.2) is 39.9 Å². The predicted octanol–water partition coefficient (Wildman–Crippen LogP) is 3.97. The van der Waals surface area contributed by atoms with Crippen LogP contribution < -0.4 is 10.6 Å². The van der Waals surface area contributed by atoms with Crippen molar-refractivity contribution in [2.24, 2.45) is 10.9 Å². The van der Waals surface area contributed by atoms with E-state index in [9.17, 15) is 4.79 Å². The fourth-order valence-electron chi connectivity index (χ4n) is 3.49. The van der Waals surface area contributed by atoms with Crippen molar-refractivity contribution in [2.75, 3.05) is 27.2 Å². The molecule has 1 fully saturated rings. The van der Waals surface area contributed by atoms with Crippen LogP contribution in [-0.4, -0.2) is 48.9 Å². The molecule has 0 spiro atoms. The van der Waals surface area contributed by atoms with E-state index in [4.69, 9.17) is 4.42 Å². The van der Waals surface area contributed by atoms with Crippen molar-refractivity contribution in [1.82, 2.24) is 20.5 Å². The summed E-state index contributed by atoms with van der Waals surface area (Å²) in [4.78, 5) is 22.7. The molecule has 0 unspecified atom stereocenters. The van der Waals surface area contributed by atoms with Gasteiger partial charge in [-0.3, -0.25) is 4.79 Å². The zero-order chi connectivity index (χ0) is 21.3. The Morgan fingerprint density at radius 3 is 2.55 bits per heavy atom. The van der Waals surface area contributed by atoms with Gasteiger partial charge in [-0.05, 0) is 37.8 Å². The molecule has 1 heterocycles. The smallest absolute Gasteiger partial charge is 0.241 e. The first-order valence-electron chi connectivity index (χ1n) is 10.7. The third-order valence-electron chi connectivity index (χ3n) is 5.44. The van der Waals surface area contributed by atoms with Gasteiger partial charge < -0.3 is 20.0 Å². The normalized spacial score (nSPS) is 14.6. The topological polar surface area (TPSA) is 82.8 Å². The van der Waals surface area contributed by atoms with E-state index in [1.54, 1.807) is 25.3 Å². The first kappa shape index (κ1) is 25.2. The van der Waals surface area contributed by atoms with Gasteiger partial charge in [0.25, 0.3) is 0 Å². The summed E-state index contributed by atoms with van der Waals surface area (Å²) in [6.45, 7) is 3.51. The van der Waals surface area contributed by atoms with E-state index < -0.39 is 0 Å². The third-order valence-corrected chi connectivity index (χ3v) is 5.44. The molecule has 2 N–H and O–H groups in total. The maximum Gasteiger partial charge on any atom is 0.241 e. The SMILES string of the molecule is Cc1ccc(-c2nc(CN=C(NCC(=O)N(C)C)NCC3CCCCC3)co2)cc1.I. The van der Waals surface area contributed by atoms with Gasteiger partial charge in [0.1, 0.15) is 12.0 Å². The van der Waals surface area contributed by atoms with Gasteiger partial charge in [-0.1, -0.05) is 37.0 Å². The van der Waals surface area contributed by atoms with Crippen molar-refractivity contribution >= 4 is 35.8 Å². The number of oxazole rings is 1. The number of aromatic nitrogens is 1. The molecular formula is C23H34IN5O2. The Labute approximate surface area is 202 Å². The highest BCUT2D eigenvalue weighted by Gasteiger charge is 2.14. The third kappa shape index (κ3) is 8.16. The second kappa shape index (κ2) is 12.7. The second-order valence-electron chi connectivity index (χ2n) is 8.20. The van der Waals surface area contributed by atoms with E-state index in [0.717, 1.165) is 17.8 Å². The van der Waals surface area contributed by atoms with E-state index >= 15 is 0 Å². The molecule has 8 heteroatoms. The molecule has 170 valence electrons. The number of amides is 1. The predicted molar refractivity (Wildman–Crippen MR) is 135 cm³/mol. The molecule has 0 saturated heterocycles. The number of likely N-dealkylation sites (N-methyl/N-ethyl adjacent to an activating group) is 1. The van der Waals surface area contributed by atoms with Crippen LogP contribution in [0.2, 0.25) is 0 Å². The van der Waals surface area contributed by atoms with Gasteiger partial charge in [-0.15, -0.1) is 24.0 Å². The highest BCUT2D eigenvalue weighted by Crippen LogP contribution is 2.23. The summed E-state index contributed by atoms with van der Waals surface area (Å²) < 4.78 is 5.63. The van der Waals surface area contributed by atoms with E-state index in [-0.39, 0.29) is 36.4 Å². The number of halogens is 1. The van der Waals surface area contributed by atoms with E-state index in [0.29, 0.717) is 24.3 Å². The maximum atomic E-state index is 12.0. The molecule has 2 aromatic rings. The van der Waals surface area contributed by atoms with Crippen LogP contribution in [0.4, 0.5) is 0 Å². The molecule has 7 nitrogen and oxygen atoms in total. The summed E-state index contributed by atoms with van der Waals surface area (Å²) in [5.74, 6) is 1.89. The number of guanidine groups is 1. The van der Waals surface area contributed by atoms with Gasteiger partial charge in [-0.25, -0.2) is 9.98 Å². The van der Waals surface area contributed by atoms with E-state index in [1.807, 2.05) is 24.3 Å². The van der Waals surface area contributed by atoms with Gasteiger partial charge in [0.15, 0.2) is 5.96 Å². The summed E-state index contributed by atoms with van der Waals surface area (Å²) in [5.41, 5.74) is 2.90. The summed E-state index contributed by atoms with van der Waals surface area (Å²) in [6.07, 6.45) is 8.07. The van der Waals surface area contributed by atoms with Gasteiger partial charge in [0, 0.05) is 26.2 Å². The quantitative estimate of drug-likeness (QED) is 0.316. The molecule has 1 saturated carbocycles. The number of aliphatic imine (C=N–C) groups is 1. The van der Waals surface area contributed by atoms with Gasteiger partial charge >= 0.3 is 0 Å². The fourth-order valence-corrected chi connectivity index (χ4v) is 3.49. The first-order chi connectivity index (χ1) is 14.5. The zero-order valence-corrected chi connectivity index (χ0v) is 21.0. The summed E-state index contributed by atoms with van der Waals surface area (Å²) in [5, 5.41) is 6.55. The standard InChI is InChI=1S/C23H33N5O2.HI/c1-17-9-11-19(12-10-17)22-27-20(16-30-22)14-25-23(26-15-21(29)28(2)3)24-13-18-7-5-4-6-8-18;/h9-12,16,18H,4-8,13-15H2,1-3H3,(H2,24,25,26);1H. The molecule has 1 aliphatic rings. The van der Waals surface area contributed by atoms with Crippen molar-refractivity contribution in [3.8, 4) is 11.5 Å². The Kier molecular flexibility index (Phi) is 10.3. The number of rotatable bonds is 7. The first-order valence-corrected chi connectivity index (χ1v) is 10.7. The van der Waals surface area contributed by atoms with Gasteiger partial charge in [0.05, 0.1) is 13.1 Å². The van der Waals surface area contributed by atoms with Crippen molar-refractivity contribution in [1.29, 1.82) is 0 Å². The van der Waals surface area contributed by atoms with Crippen LogP contribution in [0.5, 0.6) is 0 Å². The number of hydrogen-bond acceptors (Lipinski definition) is 4. The van der Waals surface area contributed by atoms with Crippen LogP contribution in [0.1, 0.15) is 43.4 Å². The molecule has 0 radical (unpaired) electrons. The van der Waals surface area contributed by atoms with Crippen LogP contribution in [0, 0.1) is 12.8 Å². The lowest BCUT2D eigenvalue weighted by molar-refractivity contribution is -0.127. The fraction of sp³-hybridized carbons (Fsp3) is 0.522. The lowest BCUT2D eigenvalue weighted by Gasteiger charge is -2.23. The number of hydrogen-bond donors (Lipinski definition) is 2. The summed E-state index contributed by atoms with van der Waals surface area (Å²) in [6, 6.07) is 8.08. The van der Waals surface area contributed by atoms with Crippen LogP contribution >= 0.6 is 24.0 Å². The summed E-state index contributed by atoms with van der Waals surface area (Å²) in [7, 11) is 3.50. The molecule has 31 heavy (non-hydrogen) atoms. The molecule has 0 bridgehead atoms. The highest BCUT2D eigenvalue weighted by molar-refractivity contribution is 14.0.